The number of aromatic amines is 1. The van der Waals surface area contributed by atoms with Crippen LogP contribution in [-0.2, 0) is 6.54 Å². The Morgan fingerprint density at radius 3 is 2.53 bits per heavy atom. The number of hydrogen-bond donors (Lipinski definition) is 1. The normalized spacial score (nSPS) is 13.7. The number of aromatic nitrogens is 2. The van der Waals surface area contributed by atoms with E-state index in [1.165, 1.54) is 0 Å². The van der Waals surface area contributed by atoms with Crippen molar-refractivity contribution in [1.82, 2.24) is 9.55 Å². The van der Waals surface area contributed by atoms with E-state index in [4.69, 9.17) is 0 Å². The summed E-state index contributed by atoms with van der Waals surface area (Å²) in [6.07, 6.45) is 2.66. The minimum absolute atomic E-state index is 0.243. The Hall–Kier alpha value is -0.590. The third kappa shape index (κ3) is 4.65. The molecule has 17 heavy (non-hydrogen) atoms. The molecule has 4 nitrogen and oxygen atoms in total. The van der Waals surface area contributed by atoms with Gasteiger partial charge in [0.25, 0.3) is 5.56 Å². The van der Waals surface area contributed by atoms with E-state index in [0.717, 1.165) is 6.42 Å². The second-order valence-corrected chi connectivity index (χ2v) is 7.35. The van der Waals surface area contributed by atoms with Gasteiger partial charge in [-0.25, -0.2) is 4.79 Å². The highest BCUT2D eigenvalue weighted by Crippen LogP contribution is 2.25. The van der Waals surface area contributed by atoms with Crippen molar-refractivity contribution in [2.45, 2.75) is 44.6 Å². The first kappa shape index (κ1) is 14.5. The molecule has 1 atom stereocenters. The molecule has 1 aromatic heterocycles. The lowest BCUT2D eigenvalue weighted by atomic mass is 9.90. The highest BCUT2D eigenvalue weighted by molar-refractivity contribution is 14.1. The molecular weight excluding hydrogens is 331 g/mol. The van der Waals surface area contributed by atoms with Crippen molar-refractivity contribution < 1.29 is 0 Å². The van der Waals surface area contributed by atoms with E-state index in [1.54, 1.807) is 17.7 Å². The van der Waals surface area contributed by atoms with Gasteiger partial charge in [-0.2, -0.15) is 0 Å². The van der Waals surface area contributed by atoms with Crippen molar-refractivity contribution >= 4 is 22.6 Å². The molecular formula is C12H19IN2O2. The van der Waals surface area contributed by atoms with Gasteiger partial charge in [-0.15, -0.1) is 0 Å². The molecule has 0 aliphatic heterocycles. The van der Waals surface area contributed by atoms with Gasteiger partial charge < -0.3 is 0 Å². The van der Waals surface area contributed by atoms with E-state index in [-0.39, 0.29) is 16.7 Å². The first-order valence-corrected chi connectivity index (χ1v) is 6.88. The van der Waals surface area contributed by atoms with E-state index in [1.807, 2.05) is 0 Å². The number of halogens is 1. The summed E-state index contributed by atoms with van der Waals surface area (Å²) in [4.78, 5) is 25.2. The number of rotatable bonds is 3. The van der Waals surface area contributed by atoms with Crippen LogP contribution in [0.15, 0.2) is 15.8 Å². The average molecular weight is 350 g/mol. The molecule has 0 saturated heterocycles. The Kier molecular flexibility index (Phi) is 4.57. The molecule has 0 aromatic carbocycles. The molecule has 1 aromatic rings. The summed E-state index contributed by atoms with van der Waals surface area (Å²) in [7, 11) is 0. The molecule has 0 fully saturated rings. The van der Waals surface area contributed by atoms with Crippen LogP contribution < -0.4 is 11.2 Å². The second kappa shape index (κ2) is 5.37. The predicted molar refractivity (Wildman–Crippen MR) is 77.9 cm³/mol. The minimum Gasteiger partial charge on any atom is -0.299 e. The van der Waals surface area contributed by atoms with Gasteiger partial charge in [0.05, 0.1) is 0 Å². The van der Waals surface area contributed by atoms with Gasteiger partial charge in [-0.3, -0.25) is 14.3 Å². The van der Waals surface area contributed by atoms with Crippen molar-refractivity contribution in [3.05, 3.63) is 32.6 Å². The Morgan fingerprint density at radius 2 is 2.00 bits per heavy atom. The standard InChI is InChI=1S/C12H19IN2O2/c1-8-6-15(11(17)14-10(8)16)7-9(13)5-12(2,3)4/h6,9H,5,7H2,1-4H3,(H,14,16,17)/t9-/m0/s1. The fourth-order valence-electron chi connectivity index (χ4n) is 1.70. The van der Waals surface area contributed by atoms with Gasteiger partial charge in [0, 0.05) is 22.2 Å². The smallest absolute Gasteiger partial charge is 0.299 e. The molecule has 0 spiro atoms. The lowest BCUT2D eigenvalue weighted by Gasteiger charge is -2.22. The Bertz CT molecular complexity index is 496. The highest BCUT2D eigenvalue weighted by atomic mass is 127. The third-order valence-corrected chi connectivity index (χ3v) is 3.25. The number of nitrogens with zero attached hydrogens (tertiary/aromatic N) is 1. The van der Waals surface area contributed by atoms with E-state index in [9.17, 15) is 9.59 Å². The van der Waals surface area contributed by atoms with Crippen molar-refractivity contribution in [2.75, 3.05) is 0 Å². The lowest BCUT2D eigenvalue weighted by Crippen LogP contribution is -2.33. The van der Waals surface area contributed by atoms with Gasteiger partial charge in [0.15, 0.2) is 0 Å². The van der Waals surface area contributed by atoms with E-state index >= 15 is 0 Å². The van der Waals surface area contributed by atoms with Crippen LogP contribution >= 0.6 is 22.6 Å². The maximum absolute atomic E-state index is 11.6. The summed E-state index contributed by atoms with van der Waals surface area (Å²) in [5, 5.41) is 0. The minimum atomic E-state index is -0.323. The molecule has 0 unspecified atom stereocenters. The SMILES string of the molecule is Cc1cn(C[C@@H](I)CC(C)(C)C)c(=O)[nH]c1=O. The number of alkyl halides is 1. The summed E-state index contributed by atoms with van der Waals surface area (Å²) in [5.41, 5.74) is 0.194. The van der Waals surface area contributed by atoms with Crippen LogP contribution in [0.2, 0.25) is 0 Å². The fourth-order valence-corrected chi connectivity index (χ4v) is 3.44. The van der Waals surface area contributed by atoms with Gasteiger partial charge in [-0.05, 0) is 18.8 Å². The quantitative estimate of drug-likeness (QED) is 0.670. The van der Waals surface area contributed by atoms with Gasteiger partial charge in [0.1, 0.15) is 0 Å². The summed E-state index contributed by atoms with van der Waals surface area (Å²) < 4.78 is 1.95. The molecule has 1 N–H and O–H groups in total. The fraction of sp³-hybridized carbons (Fsp3) is 0.667. The van der Waals surface area contributed by atoms with Crippen LogP contribution in [0.3, 0.4) is 0 Å². The van der Waals surface area contributed by atoms with Crippen molar-refractivity contribution in [1.29, 1.82) is 0 Å². The maximum atomic E-state index is 11.6. The Labute approximate surface area is 115 Å². The molecule has 0 bridgehead atoms. The summed E-state index contributed by atoms with van der Waals surface area (Å²) >= 11 is 2.36. The van der Waals surface area contributed by atoms with Crippen molar-refractivity contribution in [3.63, 3.8) is 0 Å². The predicted octanol–water partition coefficient (Wildman–Crippen LogP) is 2.08. The molecule has 0 amide bonds. The Morgan fingerprint density at radius 1 is 1.41 bits per heavy atom. The zero-order valence-corrected chi connectivity index (χ0v) is 12.9. The van der Waals surface area contributed by atoms with E-state index < -0.39 is 0 Å². The molecule has 1 heterocycles. The van der Waals surface area contributed by atoms with Gasteiger partial charge in [-0.1, -0.05) is 43.4 Å². The second-order valence-electron chi connectivity index (χ2n) is 5.59. The molecule has 5 heteroatoms. The number of hydrogen-bond acceptors (Lipinski definition) is 2. The van der Waals surface area contributed by atoms with E-state index in [2.05, 4.69) is 48.3 Å². The molecule has 96 valence electrons. The summed E-state index contributed by atoms with van der Waals surface area (Å²) in [6.45, 7) is 8.88. The van der Waals surface area contributed by atoms with Crippen LogP contribution in [0.1, 0.15) is 32.8 Å². The average Bonchev–Trinajstić information content (AvgIpc) is 2.11. The van der Waals surface area contributed by atoms with Crippen LogP contribution in [0.5, 0.6) is 0 Å². The van der Waals surface area contributed by atoms with E-state index in [0.29, 0.717) is 16.0 Å². The van der Waals surface area contributed by atoms with Crippen molar-refractivity contribution in [2.24, 2.45) is 5.41 Å². The maximum Gasteiger partial charge on any atom is 0.328 e. The topological polar surface area (TPSA) is 54.9 Å². The molecule has 0 aliphatic carbocycles. The molecule has 0 aliphatic rings. The zero-order valence-electron chi connectivity index (χ0n) is 10.7. The monoisotopic (exact) mass is 350 g/mol. The number of H-pyrrole nitrogens is 1. The Balaban J connectivity index is 2.86. The summed E-state index contributed by atoms with van der Waals surface area (Å²) in [6, 6.07) is 0. The zero-order chi connectivity index (χ0) is 13.2. The first-order chi connectivity index (χ1) is 7.69. The van der Waals surface area contributed by atoms with Crippen LogP contribution in [-0.4, -0.2) is 13.5 Å². The van der Waals surface area contributed by atoms with Crippen LogP contribution in [0, 0.1) is 12.3 Å². The largest absolute Gasteiger partial charge is 0.328 e. The lowest BCUT2D eigenvalue weighted by molar-refractivity contribution is 0.364. The number of aryl methyl sites for hydroxylation is 1. The highest BCUT2D eigenvalue weighted by Gasteiger charge is 2.17. The molecule has 0 saturated carbocycles. The van der Waals surface area contributed by atoms with Gasteiger partial charge in [0.2, 0.25) is 0 Å². The molecule has 0 radical (unpaired) electrons. The van der Waals surface area contributed by atoms with Crippen LogP contribution in [0.25, 0.3) is 0 Å². The van der Waals surface area contributed by atoms with Crippen molar-refractivity contribution in [3.8, 4) is 0 Å². The first-order valence-electron chi connectivity index (χ1n) is 5.63. The van der Waals surface area contributed by atoms with Gasteiger partial charge >= 0.3 is 5.69 Å². The summed E-state index contributed by atoms with van der Waals surface area (Å²) in [5.74, 6) is 0. The van der Waals surface area contributed by atoms with Crippen LogP contribution in [0.4, 0.5) is 0 Å². The number of nitrogens with one attached hydrogen (secondary N) is 1. The molecule has 1 rings (SSSR count). The third-order valence-electron chi connectivity index (χ3n) is 2.42.